The molecule has 0 bridgehead atoms. The van der Waals surface area contributed by atoms with E-state index in [4.69, 9.17) is 0 Å². The topological polar surface area (TPSA) is 66.0 Å². The number of aromatic amines is 1. The summed E-state index contributed by atoms with van der Waals surface area (Å²) in [6, 6.07) is 5.39. The van der Waals surface area contributed by atoms with Crippen LogP contribution in [0.4, 0.5) is 4.39 Å². The summed E-state index contributed by atoms with van der Waals surface area (Å²) in [5.41, 5.74) is -0.244. The van der Waals surface area contributed by atoms with Crippen LogP contribution in [-0.4, -0.2) is 15.1 Å². The van der Waals surface area contributed by atoms with E-state index in [9.17, 15) is 14.3 Å². The van der Waals surface area contributed by atoms with Gasteiger partial charge in [-0.15, -0.1) is 0 Å². The van der Waals surface area contributed by atoms with Crippen molar-refractivity contribution in [1.82, 2.24) is 9.97 Å². The number of aromatic nitrogens is 2. The van der Waals surface area contributed by atoms with Gasteiger partial charge in [0.15, 0.2) is 0 Å². The van der Waals surface area contributed by atoms with Crippen LogP contribution in [0.5, 0.6) is 5.88 Å². The Balaban J connectivity index is 2.69. The minimum absolute atomic E-state index is 0.0306. The maximum Gasteiger partial charge on any atom is 0.262 e. The molecule has 1 aromatic heterocycles. The molecule has 15 heavy (non-hydrogen) atoms. The van der Waals surface area contributed by atoms with Crippen molar-refractivity contribution in [2.75, 3.05) is 0 Å². The second kappa shape index (κ2) is 3.53. The van der Waals surface area contributed by atoms with E-state index in [2.05, 4.69) is 9.97 Å². The molecule has 0 aliphatic rings. The molecule has 0 saturated carbocycles. The number of hydrogen-bond acceptors (Lipinski definition) is 3. The van der Waals surface area contributed by atoms with Crippen LogP contribution in [0, 0.1) is 5.82 Å². The Morgan fingerprint density at radius 2 is 2.20 bits per heavy atom. The van der Waals surface area contributed by atoms with Crippen molar-refractivity contribution in [3.8, 4) is 17.0 Å². The van der Waals surface area contributed by atoms with Crippen molar-refractivity contribution in [2.45, 2.75) is 0 Å². The fourth-order valence-corrected chi connectivity index (χ4v) is 1.29. The van der Waals surface area contributed by atoms with Crippen LogP contribution in [0.15, 0.2) is 35.4 Å². The number of rotatable bonds is 1. The molecule has 0 saturated heterocycles. The molecule has 2 rings (SSSR count). The number of benzene rings is 1. The fraction of sp³-hybridized carbons (Fsp3) is 0. The Morgan fingerprint density at radius 3 is 2.87 bits per heavy atom. The van der Waals surface area contributed by atoms with Crippen LogP contribution in [0.2, 0.25) is 0 Å². The maximum absolute atomic E-state index is 12.9. The fourth-order valence-electron chi connectivity index (χ4n) is 1.29. The summed E-state index contributed by atoms with van der Waals surface area (Å²) in [6.07, 6.45) is 1.08. The molecule has 1 aromatic carbocycles. The third-order valence-corrected chi connectivity index (χ3v) is 1.95. The average Bonchev–Trinajstić information content (AvgIpc) is 2.17. The van der Waals surface area contributed by atoms with Crippen molar-refractivity contribution in [3.05, 3.63) is 46.8 Å². The number of nitrogens with one attached hydrogen (secondary N) is 1. The molecule has 0 amide bonds. The highest BCUT2D eigenvalue weighted by atomic mass is 19.1. The molecule has 4 nitrogen and oxygen atoms in total. The average molecular weight is 206 g/mol. The van der Waals surface area contributed by atoms with Crippen molar-refractivity contribution in [3.63, 3.8) is 0 Å². The molecule has 5 heteroatoms. The van der Waals surface area contributed by atoms with E-state index in [-0.39, 0.29) is 5.56 Å². The molecule has 0 fully saturated rings. The lowest BCUT2D eigenvalue weighted by Gasteiger charge is -2.01. The number of halogens is 1. The Labute approximate surface area is 84.0 Å². The Bertz CT molecular complexity index is 551. The van der Waals surface area contributed by atoms with E-state index in [0.717, 1.165) is 12.4 Å². The zero-order valence-electron chi connectivity index (χ0n) is 7.57. The largest absolute Gasteiger partial charge is 0.493 e. The van der Waals surface area contributed by atoms with Crippen LogP contribution in [-0.2, 0) is 0 Å². The monoisotopic (exact) mass is 206 g/mol. The van der Waals surface area contributed by atoms with Gasteiger partial charge in [-0.1, -0.05) is 12.1 Å². The third kappa shape index (κ3) is 1.71. The van der Waals surface area contributed by atoms with E-state index in [0.29, 0.717) is 5.56 Å². The van der Waals surface area contributed by atoms with Gasteiger partial charge in [-0.3, -0.25) is 4.79 Å². The molecule has 0 radical (unpaired) electrons. The van der Waals surface area contributed by atoms with Gasteiger partial charge < -0.3 is 10.1 Å². The summed E-state index contributed by atoms with van der Waals surface area (Å²) in [5, 5.41) is 9.38. The molecule has 0 aliphatic heterocycles. The molecular formula is C10H7FN2O2. The van der Waals surface area contributed by atoms with Crippen molar-refractivity contribution >= 4 is 0 Å². The van der Waals surface area contributed by atoms with E-state index in [1.54, 1.807) is 0 Å². The molecule has 2 aromatic rings. The van der Waals surface area contributed by atoms with Gasteiger partial charge in [-0.05, 0) is 17.7 Å². The third-order valence-electron chi connectivity index (χ3n) is 1.95. The first-order valence-corrected chi connectivity index (χ1v) is 4.21. The highest BCUT2D eigenvalue weighted by Crippen LogP contribution is 2.22. The van der Waals surface area contributed by atoms with E-state index in [1.807, 2.05) is 0 Å². The minimum atomic E-state index is -0.506. The number of nitrogens with zero attached hydrogens (tertiary/aromatic N) is 1. The summed E-state index contributed by atoms with van der Waals surface area (Å²) < 4.78 is 12.9. The second-order valence-corrected chi connectivity index (χ2v) is 2.94. The number of aromatic hydroxyl groups is 1. The molecule has 0 aliphatic carbocycles. The van der Waals surface area contributed by atoms with Gasteiger partial charge >= 0.3 is 0 Å². The van der Waals surface area contributed by atoms with Crippen LogP contribution >= 0.6 is 0 Å². The van der Waals surface area contributed by atoms with E-state index >= 15 is 0 Å². The van der Waals surface area contributed by atoms with Gasteiger partial charge in [0, 0.05) is 0 Å². The summed E-state index contributed by atoms with van der Waals surface area (Å²) in [5.74, 6) is -0.889. The number of H-pyrrole nitrogens is 1. The lowest BCUT2D eigenvalue weighted by molar-refractivity contribution is 0.453. The zero-order valence-corrected chi connectivity index (χ0v) is 7.57. The standard InChI is InChI=1S/C10H7FN2O2/c11-7-3-1-2-6(4-7)8-9(14)12-5-13-10(8)15/h1-5H,(H2,12,13,14,15). The first kappa shape index (κ1) is 9.39. The summed E-state index contributed by atoms with van der Waals surface area (Å²) in [7, 11) is 0. The van der Waals surface area contributed by atoms with Crippen LogP contribution in [0.3, 0.4) is 0 Å². The Morgan fingerprint density at radius 1 is 1.40 bits per heavy atom. The zero-order chi connectivity index (χ0) is 10.8. The Kier molecular flexibility index (Phi) is 2.21. The summed E-state index contributed by atoms with van der Waals surface area (Å²) in [6.45, 7) is 0. The number of hydrogen-bond donors (Lipinski definition) is 2. The highest BCUT2D eigenvalue weighted by Gasteiger charge is 2.10. The molecule has 2 N–H and O–H groups in total. The maximum atomic E-state index is 12.9. The van der Waals surface area contributed by atoms with Gasteiger partial charge in [0.1, 0.15) is 11.4 Å². The lowest BCUT2D eigenvalue weighted by atomic mass is 10.1. The van der Waals surface area contributed by atoms with Gasteiger partial charge in [0.2, 0.25) is 5.88 Å². The minimum Gasteiger partial charge on any atom is -0.493 e. The van der Waals surface area contributed by atoms with Gasteiger partial charge in [-0.2, -0.15) is 0 Å². The predicted molar refractivity (Wildman–Crippen MR) is 51.9 cm³/mol. The van der Waals surface area contributed by atoms with Crippen LogP contribution < -0.4 is 5.56 Å². The predicted octanol–water partition coefficient (Wildman–Crippen LogP) is 1.28. The normalized spacial score (nSPS) is 10.2. The first-order chi connectivity index (χ1) is 7.18. The lowest BCUT2D eigenvalue weighted by Crippen LogP contribution is -2.09. The van der Waals surface area contributed by atoms with Crippen LogP contribution in [0.1, 0.15) is 0 Å². The summed E-state index contributed by atoms with van der Waals surface area (Å²) in [4.78, 5) is 17.2. The van der Waals surface area contributed by atoms with E-state index in [1.165, 1.54) is 18.2 Å². The van der Waals surface area contributed by atoms with Crippen molar-refractivity contribution < 1.29 is 9.50 Å². The summed E-state index contributed by atoms with van der Waals surface area (Å²) >= 11 is 0. The van der Waals surface area contributed by atoms with Crippen molar-refractivity contribution in [1.29, 1.82) is 0 Å². The smallest absolute Gasteiger partial charge is 0.262 e. The molecule has 1 heterocycles. The highest BCUT2D eigenvalue weighted by molar-refractivity contribution is 5.66. The van der Waals surface area contributed by atoms with Gasteiger partial charge in [0.25, 0.3) is 5.56 Å². The second-order valence-electron chi connectivity index (χ2n) is 2.94. The molecule has 0 spiro atoms. The Hall–Kier alpha value is -2.17. The quantitative estimate of drug-likeness (QED) is 0.738. The molecule has 76 valence electrons. The molecular weight excluding hydrogens is 199 g/mol. The molecule has 0 unspecified atom stereocenters. The first-order valence-electron chi connectivity index (χ1n) is 4.21. The van der Waals surface area contributed by atoms with Gasteiger partial charge in [-0.25, -0.2) is 9.37 Å². The SMILES string of the molecule is O=c1[nH]cnc(O)c1-c1cccc(F)c1. The molecule has 0 atom stereocenters. The van der Waals surface area contributed by atoms with Crippen LogP contribution in [0.25, 0.3) is 11.1 Å². The van der Waals surface area contributed by atoms with Gasteiger partial charge in [0.05, 0.1) is 6.33 Å². The van der Waals surface area contributed by atoms with Crippen molar-refractivity contribution in [2.24, 2.45) is 0 Å². The van der Waals surface area contributed by atoms with E-state index < -0.39 is 17.3 Å².